The first-order valence-corrected chi connectivity index (χ1v) is 6.61. The summed E-state index contributed by atoms with van der Waals surface area (Å²) in [6, 6.07) is 12.5. The second kappa shape index (κ2) is 7.22. The lowest BCUT2D eigenvalue weighted by atomic mass is 10.1. The van der Waals surface area contributed by atoms with E-state index in [1.54, 1.807) is 36.7 Å². The van der Waals surface area contributed by atoms with Gasteiger partial charge in [0.15, 0.2) is 0 Å². The molecule has 2 rings (SSSR count). The van der Waals surface area contributed by atoms with Crippen molar-refractivity contribution in [3.63, 3.8) is 0 Å². The highest BCUT2D eigenvalue weighted by Crippen LogP contribution is 2.10. The summed E-state index contributed by atoms with van der Waals surface area (Å²) >= 11 is 5.79. The van der Waals surface area contributed by atoms with Crippen molar-refractivity contribution in [3.05, 3.63) is 70.5 Å². The number of pyridine rings is 1. The van der Waals surface area contributed by atoms with E-state index in [1.165, 1.54) is 6.08 Å². The van der Waals surface area contributed by atoms with Crippen molar-refractivity contribution in [1.82, 2.24) is 10.3 Å². The number of aromatic nitrogens is 1. The van der Waals surface area contributed by atoms with Gasteiger partial charge in [-0.15, -0.1) is 0 Å². The summed E-state index contributed by atoms with van der Waals surface area (Å²) in [5.74, 6) is -0.413. The number of nitrogens with one attached hydrogen (secondary N) is 1. The molecule has 0 atom stereocenters. The van der Waals surface area contributed by atoms with Gasteiger partial charge in [0, 0.05) is 24.0 Å². The van der Waals surface area contributed by atoms with Gasteiger partial charge in [-0.1, -0.05) is 23.7 Å². The van der Waals surface area contributed by atoms with Crippen LogP contribution >= 0.6 is 11.6 Å². The molecule has 0 radical (unpaired) electrons. The van der Waals surface area contributed by atoms with Crippen LogP contribution in [0.1, 0.15) is 11.1 Å². The van der Waals surface area contributed by atoms with Gasteiger partial charge in [0.2, 0.25) is 0 Å². The molecule has 1 aromatic carbocycles. The molecule has 0 aliphatic carbocycles. The van der Waals surface area contributed by atoms with Gasteiger partial charge in [-0.05, 0) is 41.5 Å². The van der Waals surface area contributed by atoms with Crippen LogP contribution in [0.2, 0.25) is 5.02 Å². The molecule has 104 valence electrons. The van der Waals surface area contributed by atoms with Crippen molar-refractivity contribution in [2.75, 3.05) is 0 Å². The maximum atomic E-state index is 12.0. The Morgan fingerprint density at radius 2 is 1.90 bits per heavy atom. The number of amides is 1. The minimum Gasteiger partial charge on any atom is -0.347 e. The van der Waals surface area contributed by atoms with Crippen LogP contribution < -0.4 is 5.32 Å². The Hall–Kier alpha value is -2.64. The Morgan fingerprint density at radius 3 is 2.52 bits per heavy atom. The van der Waals surface area contributed by atoms with E-state index in [2.05, 4.69) is 10.3 Å². The average molecular weight is 298 g/mol. The molecule has 0 saturated carbocycles. The Morgan fingerprint density at radius 1 is 1.24 bits per heavy atom. The van der Waals surface area contributed by atoms with E-state index in [0.29, 0.717) is 11.6 Å². The molecule has 4 nitrogen and oxygen atoms in total. The fraction of sp³-hybridized carbons (Fsp3) is 0.0625. The van der Waals surface area contributed by atoms with Gasteiger partial charge >= 0.3 is 0 Å². The van der Waals surface area contributed by atoms with Gasteiger partial charge in [0.25, 0.3) is 5.91 Å². The first kappa shape index (κ1) is 14.8. The van der Waals surface area contributed by atoms with Crippen molar-refractivity contribution in [3.8, 4) is 6.07 Å². The third-order valence-corrected chi connectivity index (χ3v) is 3.00. The van der Waals surface area contributed by atoms with E-state index in [1.807, 2.05) is 18.2 Å². The van der Waals surface area contributed by atoms with Crippen LogP contribution in [0.3, 0.4) is 0 Å². The molecule has 0 saturated heterocycles. The number of carbonyl (C=O) groups excluding carboxylic acids is 1. The number of rotatable bonds is 4. The van der Waals surface area contributed by atoms with E-state index in [9.17, 15) is 4.79 Å². The zero-order valence-electron chi connectivity index (χ0n) is 11.1. The second-order valence-electron chi connectivity index (χ2n) is 4.26. The average Bonchev–Trinajstić information content (AvgIpc) is 2.52. The highest BCUT2D eigenvalue weighted by Gasteiger charge is 2.08. The topological polar surface area (TPSA) is 65.8 Å². The maximum Gasteiger partial charge on any atom is 0.262 e. The van der Waals surface area contributed by atoms with Gasteiger partial charge in [-0.3, -0.25) is 9.78 Å². The minimum atomic E-state index is -0.413. The molecule has 1 heterocycles. The lowest BCUT2D eigenvalue weighted by Crippen LogP contribution is -2.23. The summed E-state index contributed by atoms with van der Waals surface area (Å²) in [5, 5.41) is 12.4. The predicted molar refractivity (Wildman–Crippen MR) is 81.1 cm³/mol. The molecule has 0 fully saturated rings. The Balaban J connectivity index is 2.03. The molecule has 0 unspecified atom stereocenters. The van der Waals surface area contributed by atoms with Gasteiger partial charge < -0.3 is 5.32 Å². The summed E-state index contributed by atoms with van der Waals surface area (Å²) in [7, 11) is 0. The molecule has 0 aliphatic heterocycles. The van der Waals surface area contributed by atoms with Crippen molar-refractivity contribution >= 4 is 23.6 Å². The van der Waals surface area contributed by atoms with Crippen molar-refractivity contribution in [1.29, 1.82) is 5.26 Å². The smallest absolute Gasteiger partial charge is 0.262 e. The summed E-state index contributed by atoms with van der Waals surface area (Å²) < 4.78 is 0. The number of halogens is 1. The van der Waals surface area contributed by atoms with Gasteiger partial charge in [-0.2, -0.15) is 5.26 Å². The number of hydrogen-bond acceptors (Lipinski definition) is 3. The molecule has 0 aliphatic rings. The van der Waals surface area contributed by atoms with E-state index in [4.69, 9.17) is 16.9 Å². The third-order valence-electron chi connectivity index (χ3n) is 2.75. The zero-order chi connectivity index (χ0) is 15.1. The fourth-order valence-electron chi connectivity index (χ4n) is 1.65. The lowest BCUT2D eigenvalue weighted by Gasteiger charge is -2.04. The molecule has 0 bridgehead atoms. The minimum absolute atomic E-state index is 0.0511. The molecular formula is C16H12ClN3O. The third kappa shape index (κ3) is 4.44. The maximum absolute atomic E-state index is 12.0. The Labute approximate surface area is 127 Å². The van der Waals surface area contributed by atoms with Crippen LogP contribution in [0.15, 0.2) is 54.4 Å². The van der Waals surface area contributed by atoms with Crippen LogP contribution in [-0.4, -0.2) is 10.9 Å². The molecule has 1 N–H and O–H groups in total. The second-order valence-corrected chi connectivity index (χ2v) is 4.70. The largest absolute Gasteiger partial charge is 0.347 e. The van der Waals surface area contributed by atoms with Crippen LogP contribution in [0.4, 0.5) is 0 Å². The molecule has 21 heavy (non-hydrogen) atoms. The predicted octanol–water partition coefficient (Wildman–Crippen LogP) is 2.96. The van der Waals surface area contributed by atoms with Crippen molar-refractivity contribution in [2.24, 2.45) is 0 Å². The number of benzene rings is 1. The first-order valence-electron chi connectivity index (χ1n) is 6.23. The van der Waals surface area contributed by atoms with Crippen molar-refractivity contribution < 1.29 is 4.79 Å². The van der Waals surface area contributed by atoms with E-state index in [-0.39, 0.29) is 5.57 Å². The van der Waals surface area contributed by atoms with Crippen LogP contribution in [-0.2, 0) is 11.3 Å². The van der Waals surface area contributed by atoms with Crippen molar-refractivity contribution in [2.45, 2.75) is 6.54 Å². The van der Waals surface area contributed by atoms with E-state index < -0.39 is 5.91 Å². The molecule has 0 spiro atoms. The van der Waals surface area contributed by atoms with Gasteiger partial charge in [-0.25, -0.2) is 0 Å². The SMILES string of the molecule is N#CC(=Cc1ccncc1)C(=O)NCc1ccc(Cl)cc1. The molecule has 1 amide bonds. The molecule has 1 aromatic heterocycles. The first-order chi connectivity index (χ1) is 10.2. The van der Waals surface area contributed by atoms with Gasteiger partial charge in [0.05, 0.1) is 0 Å². The Kier molecular flexibility index (Phi) is 5.08. The lowest BCUT2D eigenvalue weighted by molar-refractivity contribution is -0.117. The zero-order valence-corrected chi connectivity index (χ0v) is 11.8. The van der Waals surface area contributed by atoms with Crippen LogP contribution in [0.25, 0.3) is 6.08 Å². The monoisotopic (exact) mass is 297 g/mol. The molecule has 2 aromatic rings. The quantitative estimate of drug-likeness (QED) is 0.697. The number of nitriles is 1. The normalized spacial score (nSPS) is 10.8. The van der Waals surface area contributed by atoms with E-state index >= 15 is 0 Å². The molecule has 5 heteroatoms. The number of nitrogens with zero attached hydrogens (tertiary/aromatic N) is 2. The summed E-state index contributed by atoms with van der Waals surface area (Å²) in [5.41, 5.74) is 1.72. The highest BCUT2D eigenvalue weighted by molar-refractivity contribution is 6.30. The van der Waals surface area contributed by atoms with E-state index in [0.717, 1.165) is 11.1 Å². The fourth-order valence-corrected chi connectivity index (χ4v) is 1.78. The summed E-state index contributed by atoms with van der Waals surface area (Å²) in [4.78, 5) is 15.9. The highest BCUT2D eigenvalue weighted by atomic mass is 35.5. The number of carbonyl (C=O) groups is 1. The molecular weight excluding hydrogens is 286 g/mol. The number of hydrogen-bond donors (Lipinski definition) is 1. The summed E-state index contributed by atoms with van der Waals surface area (Å²) in [6.07, 6.45) is 4.73. The summed E-state index contributed by atoms with van der Waals surface area (Å²) in [6.45, 7) is 0.339. The van der Waals surface area contributed by atoms with Crippen LogP contribution in [0.5, 0.6) is 0 Å². The standard InChI is InChI=1S/C16H12ClN3O/c17-15-3-1-13(2-4-15)11-20-16(21)14(10-18)9-12-5-7-19-8-6-12/h1-9H,11H2,(H,20,21). The Bertz CT molecular complexity index is 688. The van der Waals surface area contributed by atoms with Crippen LogP contribution in [0, 0.1) is 11.3 Å². The van der Waals surface area contributed by atoms with Gasteiger partial charge in [0.1, 0.15) is 11.6 Å².